The van der Waals surface area contributed by atoms with E-state index in [1.807, 2.05) is 0 Å². The van der Waals surface area contributed by atoms with E-state index in [9.17, 15) is 23.8 Å². The lowest BCUT2D eigenvalue weighted by Gasteiger charge is -2.20. The van der Waals surface area contributed by atoms with E-state index in [0.717, 1.165) is 83.5 Å². The second kappa shape index (κ2) is 37.4. The summed E-state index contributed by atoms with van der Waals surface area (Å²) in [5.74, 6) is -2.42. The first kappa shape index (κ1) is 51.4. The number of phosphoric ester groups is 1. The molecule has 0 bridgehead atoms. The molecule has 11 nitrogen and oxygen atoms in total. The van der Waals surface area contributed by atoms with Crippen LogP contribution in [0.25, 0.3) is 0 Å². The van der Waals surface area contributed by atoms with Crippen molar-refractivity contribution < 1.29 is 47.5 Å². The number of carbonyl (C=O) groups is 3. The summed E-state index contributed by atoms with van der Waals surface area (Å²) in [7, 11) is -4.72. The van der Waals surface area contributed by atoms with Gasteiger partial charge < -0.3 is 25.2 Å². The molecule has 0 amide bonds. The molecule has 0 aliphatic carbocycles. The fraction of sp³-hybridized carbons (Fsp3) is 0.738. The summed E-state index contributed by atoms with van der Waals surface area (Å²) >= 11 is 0. The van der Waals surface area contributed by atoms with Gasteiger partial charge in [-0.1, -0.05) is 127 Å². The van der Waals surface area contributed by atoms with Crippen LogP contribution in [0.3, 0.4) is 0 Å². The number of hydrogen-bond acceptors (Lipinski definition) is 9. The molecule has 0 aromatic heterocycles. The van der Waals surface area contributed by atoms with Gasteiger partial charge in [-0.2, -0.15) is 0 Å². The van der Waals surface area contributed by atoms with Crippen molar-refractivity contribution in [1.82, 2.24) is 0 Å². The number of ether oxygens (including phenoxy) is 2. The maximum Gasteiger partial charge on any atom is 0.472 e. The summed E-state index contributed by atoms with van der Waals surface area (Å²) in [6.07, 6.45) is 40.3. The van der Waals surface area contributed by atoms with Crippen LogP contribution in [0.2, 0.25) is 0 Å². The number of carbonyl (C=O) groups excluding carboxylic acids is 2. The molecule has 54 heavy (non-hydrogen) atoms. The minimum Gasteiger partial charge on any atom is -0.480 e. The Kier molecular flexibility index (Phi) is 35.6. The zero-order valence-electron chi connectivity index (χ0n) is 33.6. The first-order chi connectivity index (χ1) is 26.1. The number of carboxylic acids is 1. The highest BCUT2D eigenvalue weighted by atomic mass is 31.2. The average Bonchev–Trinajstić information content (AvgIpc) is 3.14. The molecule has 0 saturated heterocycles. The van der Waals surface area contributed by atoms with Gasteiger partial charge in [0.2, 0.25) is 0 Å². The third-order valence-corrected chi connectivity index (χ3v) is 9.50. The molecule has 0 saturated carbocycles. The predicted molar refractivity (Wildman–Crippen MR) is 217 cm³/mol. The number of rotatable bonds is 38. The van der Waals surface area contributed by atoms with Crippen LogP contribution < -0.4 is 5.73 Å². The summed E-state index contributed by atoms with van der Waals surface area (Å²) in [5, 5.41) is 8.87. The highest BCUT2D eigenvalue weighted by Gasteiger charge is 2.28. The minimum atomic E-state index is -4.72. The van der Waals surface area contributed by atoms with Gasteiger partial charge in [-0.05, 0) is 77.0 Å². The third-order valence-electron chi connectivity index (χ3n) is 8.55. The average molecular weight is 784 g/mol. The van der Waals surface area contributed by atoms with Crippen LogP contribution in [0.1, 0.15) is 168 Å². The van der Waals surface area contributed by atoms with E-state index in [0.29, 0.717) is 12.8 Å². The summed E-state index contributed by atoms with van der Waals surface area (Å²) < 4.78 is 32.6. The largest absolute Gasteiger partial charge is 0.480 e. The lowest BCUT2D eigenvalue weighted by atomic mass is 10.1. The number of carboxylic acid groups (broad SMARTS) is 1. The SMILES string of the molecule is CCCCC/C=C/C/C=C/C/C=C/CCCCCCC(=O)O[C@H](COC(=O)CCCCCCC/C=C/CCCCCC)COP(=O)(O)OC[C@H](N)C(=O)O. The van der Waals surface area contributed by atoms with Crippen molar-refractivity contribution in [3.05, 3.63) is 48.6 Å². The van der Waals surface area contributed by atoms with Gasteiger partial charge in [0, 0.05) is 12.8 Å². The normalized spacial score (nSPS) is 14.3. The number of hydrogen-bond donors (Lipinski definition) is 3. The maximum atomic E-state index is 12.6. The van der Waals surface area contributed by atoms with Crippen LogP contribution in [-0.2, 0) is 37.5 Å². The molecule has 0 fully saturated rings. The van der Waals surface area contributed by atoms with E-state index >= 15 is 0 Å². The van der Waals surface area contributed by atoms with Gasteiger partial charge >= 0.3 is 25.7 Å². The van der Waals surface area contributed by atoms with Gasteiger partial charge in [-0.3, -0.25) is 23.4 Å². The van der Waals surface area contributed by atoms with Crippen LogP contribution >= 0.6 is 7.82 Å². The first-order valence-electron chi connectivity index (χ1n) is 20.7. The van der Waals surface area contributed by atoms with Gasteiger partial charge in [-0.15, -0.1) is 0 Å². The second-order valence-electron chi connectivity index (χ2n) is 13.8. The van der Waals surface area contributed by atoms with Gasteiger partial charge in [-0.25, -0.2) is 4.57 Å². The topological polar surface area (TPSA) is 172 Å². The quantitative estimate of drug-likeness (QED) is 0.0235. The monoisotopic (exact) mass is 784 g/mol. The minimum absolute atomic E-state index is 0.133. The smallest absolute Gasteiger partial charge is 0.472 e. The third kappa shape index (κ3) is 36.4. The Balaban J connectivity index is 4.46. The lowest BCUT2D eigenvalue weighted by Crippen LogP contribution is -2.34. The summed E-state index contributed by atoms with van der Waals surface area (Å²) in [5.41, 5.74) is 5.32. The fourth-order valence-electron chi connectivity index (χ4n) is 5.24. The molecule has 4 N–H and O–H groups in total. The highest BCUT2D eigenvalue weighted by molar-refractivity contribution is 7.47. The number of unbranched alkanes of at least 4 members (excludes halogenated alkanes) is 16. The Labute approximate surface area is 326 Å². The van der Waals surface area contributed by atoms with Crippen molar-refractivity contribution >= 4 is 25.7 Å². The Morgan fingerprint density at radius 2 is 0.981 bits per heavy atom. The van der Waals surface area contributed by atoms with Crippen molar-refractivity contribution in [1.29, 1.82) is 0 Å². The Morgan fingerprint density at radius 1 is 0.574 bits per heavy atom. The molecular weight excluding hydrogens is 709 g/mol. The van der Waals surface area contributed by atoms with Crippen LogP contribution in [0.15, 0.2) is 48.6 Å². The van der Waals surface area contributed by atoms with Crippen molar-refractivity contribution in [2.45, 2.75) is 180 Å². The number of phosphoric acid groups is 1. The second-order valence-corrected chi connectivity index (χ2v) is 15.2. The van der Waals surface area contributed by atoms with E-state index < -0.39 is 51.1 Å². The first-order valence-corrected chi connectivity index (χ1v) is 22.2. The fourth-order valence-corrected chi connectivity index (χ4v) is 6.02. The lowest BCUT2D eigenvalue weighted by molar-refractivity contribution is -0.161. The Hall–Kier alpha value is -2.56. The zero-order valence-corrected chi connectivity index (χ0v) is 34.4. The predicted octanol–water partition coefficient (Wildman–Crippen LogP) is 10.6. The molecule has 12 heteroatoms. The molecule has 0 radical (unpaired) electrons. The molecular formula is C42H74NO10P. The standard InChI is InChI=1S/C42H74NO10P/c1-3-5-7-9-11-13-15-17-18-19-20-22-24-26-28-30-32-34-41(45)53-38(36-51-54(48,49)52-37-39(43)42(46)47)35-50-40(44)33-31-29-27-25-23-21-16-14-12-10-8-6-4-2/h11,13-14,16-18,20,22,38-39H,3-10,12,15,19,21,23-37,43H2,1-2H3,(H,46,47)(H,48,49)/b13-11+,16-14+,18-17+,22-20+/t38-,39+/m1/s1. The zero-order chi connectivity index (χ0) is 40.0. The number of allylic oxidation sites excluding steroid dienone is 8. The molecule has 312 valence electrons. The molecule has 3 atom stereocenters. The van der Waals surface area contributed by atoms with E-state index in [4.69, 9.17) is 24.8 Å². The van der Waals surface area contributed by atoms with Crippen molar-refractivity contribution in [3.8, 4) is 0 Å². The molecule has 0 aliphatic rings. The van der Waals surface area contributed by atoms with Gasteiger partial charge in [0.1, 0.15) is 12.6 Å². The van der Waals surface area contributed by atoms with E-state index in [1.165, 1.54) is 44.9 Å². The molecule has 0 spiro atoms. The number of aliphatic carboxylic acids is 1. The molecule has 0 aromatic rings. The van der Waals surface area contributed by atoms with E-state index in [2.05, 4.69) is 67.0 Å². The van der Waals surface area contributed by atoms with Crippen LogP contribution in [-0.4, -0.2) is 59.9 Å². The molecule has 0 rings (SSSR count). The Morgan fingerprint density at radius 3 is 1.52 bits per heavy atom. The van der Waals surface area contributed by atoms with Gasteiger partial charge in [0.15, 0.2) is 6.10 Å². The van der Waals surface area contributed by atoms with Crippen molar-refractivity contribution in [3.63, 3.8) is 0 Å². The van der Waals surface area contributed by atoms with Gasteiger partial charge in [0.05, 0.1) is 13.2 Å². The summed E-state index contributed by atoms with van der Waals surface area (Å²) in [4.78, 5) is 45.8. The molecule has 0 aromatic carbocycles. The Bertz CT molecular complexity index is 1110. The number of nitrogens with two attached hydrogens (primary N) is 1. The van der Waals surface area contributed by atoms with Crippen molar-refractivity contribution in [2.75, 3.05) is 19.8 Å². The van der Waals surface area contributed by atoms with Gasteiger partial charge in [0.25, 0.3) is 0 Å². The van der Waals surface area contributed by atoms with E-state index in [1.54, 1.807) is 0 Å². The highest BCUT2D eigenvalue weighted by Crippen LogP contribution is 2.43. The van der Waals surface area contributed by atoms with Crippen LogP contribution in [0, 0.1) is 0 Å². The summed E-state index contributed by atoms with van der Waals surface area (Å²) in [6.45, 7) is 2.71. The van der Waals surface area contributed by atoms with Crippen LogP contribution in [0.4, 0.5) is 0 Å². The molecule has 1 unspecified atom stereocenters. The van der Waals surface area contributed by atoms with Crippen LogP contribution in [0.5, 0.6) is 0 Å². The molecule has 0 aliphatic heterocycles. The van der Waals surface area contributed by atoms with E-state index in [-0.39, 0.29) is 19.4 Å². The maximum absolute atomic E-state index is 12.6. The summed E-state index contributed by atoms with van der Waals surface area (Å²) in [6, 6.07) is -1.53. The molecule has 0 heterocycles. The number of esters is 2. The van der Waals surface area contributed by atoms with Crippen molar-refractivity contribution in [2.24, 2.45) is 5.73 Å².